The molecule has 1 unspecified atom stereocenters. The molecule has 1 aliphatic heterocycles. The van der Waals surface area contributed by atoms with Crippen molar-refractivity contribution in [3.05, 3.63) is 98.7 Å². The molecule has 0 bridgehead atoms. The van der Waals surface area contributed by atoms with Crippen LogP contribution in [0.2, 0.25) is 5.02 Å². The highest BCUT2D eigenvalue weighted by molar-refractivity contribution is 6.30. The van der Waals surface area contributed by atoms with Crippen molar-refractivity contribution in [1.82, 2.24) is 4.98 Å². The summed E-state index contributed by atoms with van der Waals surface area (Å²) in [5.41, 5.74) is 0.478. The minimum absolute atomic E-state index is 0.0713. The third-order valence-electron chi connectivity index (χ3n) is 5.75. The summed E-state index contributed by atoms with van der Waals surface area (Å²) < 4.78 is 25.5. The van der Waals surface area contributed by atoms with E-state index in [1.54, 1.807) is 36.4 Å². The normalized spacial score (nSPS) is 15.1. The monoisotopic (exact) mass is 478 g/mol. The van der Waals surface area contributed by atoms with Crippen molar-refractivity contribution in [2.45, 2.75) is 25.8 Å². The Kier molecular flexibility index (Phi) is 5.79. The van der Waals surface area contributed by atoms with Gasteiger partial charge >= 0.3 is 0 Å². The molecule has 2 aromatic carbocycles. The van der Waals surface area contributed by atoms with E-state index in [1.807, 2.05) is 0 Å². The Morgan fingerprint density at radius 2 is 1.91 bits per heavy atom. The SMILES string of the molecule is CCCCOc1ccc(C2c3c(oc4ccc(F)cc4c3=O)C(=O)N2c2ccc(Cl)cn2)cc1. The molecule has 0 radical (unpaired) electrons. The number of nitrogens with zero attached hydrogens (tertiary/aromatic N) is 2. The molecule has 0 fully saturated rings. The predicted octanol–water partition coefficient (Wildman–Crippen LogP) is 5.91. The van der Waals surface area contributed by atoms with Gasteiger partial charge in [0.1, 0.15) is 23.0 Å². The lowest BCUT2D eigenvalue weighted by atomic mass is 9.98. The molecule has 1 amide bonds. The van der Waals surface area contributed by atoms with E-state index >= 15 is 0 Å². The van der Waals surface area contributed by atoms with Gasteiger partial charge in [0, 0.05) is 6.20 Å². The summed E-state index contributed by atoms with van der Waals surface area (Å²) in [5.74, 6) is -0.171. The minimum Gasteiger partial charge on any atom is -0.494 e. The molecular weight excluding hydrogens is 459 g/mol. The van der Waals surface area contributed by atoms with Crippen molar-refractivity contribution >= 4 is 34.3 Å². The topological polar surface area (TPSA) is 72.6 Å². The Bertz CT molecular complexity index is 1430. The van der Waals surface area contributed by atoms with Gasteiger partial charge in [-0.05, 0) is 54.4 Å². The van der Waals surface area contributed by atoms with E-state index in [4.69, 9.17) is 20.8 Å². The van der Waals surface area contributed by atoms with E-state index in [1.165, 1.54) is 23.2 Å². The van der Waals surface area contributed by atoms with Gasteiger partial charge in [0.2, 0.25) is 5.76 Å². The molecule has 5 rings (SSSR count). The number of fused-ring (bicyclic) bond motifs is 2. The second-order valence-corrected chi connectivity index (χ2v) is 8.43. The smallest absolute Gasteiger partial charge is 0.296 e. The molecule has 8 heteroatoms. The standard InChI is InChI=1S/C26H20ClFN2O4/c1-2-3-12-33-18-8-4-15(5-9-18)23-22-24(31)19-13-17(28)7-10-20(19)34-25(22)26(32)30(23)21-11-6-16(27)14-29-21/h4-11,13-14,23H,2-3,12H2,1H3. The van der Waals surface area contributed by atoms with Crippen LogP contribution in [-0.2, 0) is 0 Å². The third-order valence-corrected chi connectivity index (χ3v) is 5.98. The number of amides is 1. The number of ether oxygens (including phenoxy) is 1. The van der Waals surface area contributed by atoms with E-state index in [2.05, 4.69) is 11.9 Å². The summed E-state index contributed by atoms with van der Waals surface area (Å²) in [7, 11) is 0. The molecule has 4 aromatic rings. The number of rotatable bonds is 6. The molecule has 0 saturated heterocycles. The van der Waals surface area contributed by atoms with Crippen LogP contribution in [0.5, 0.6) is 5.75 Å². The van der Waals surface area contributed by atoms with Crippen LogP contribution < -0.4 is 15.1 Å². The largest absolute Gasteiger partial charge is 0.494 e. The van der Waals surface area contributed by atoms with Crippen molar-refractivity contribution in [3.63, 3.8) is 0 Å². The number of carbonyl (C=O) groups excluding carboxylic acids is 1. The second kappa shape index (κ2) is 8.91. The molecule has 1 atom stereocenters. The van der Waals surface area contributed by atoms with Gasteiger partial charge in [-0.3, -0.25) is 14.5 Å². The van der Waals surface area contributed by atoms with Crippen LogP contribution in [0.1, 0.15) is 47.5 Å². The maximum absolute atomic E-state index is 13.9. The van der Waals surface area contributed by atoms with Crippen molar-refractivity contribution in [3.8, 4) is 5.75 Å². The summed E-state index contributed by atoms with van der Waals surface area (Å²) >= 11 is 5.99. The zero-order valence-electron chi connectivity index (χ0n) is 18.3. The molecule has 6 nitrogen and oxygen atoms in total. The number of unbranched alkanes of at least 4 members (excludes halogenated alkanes) is 1. The van der Waals surface area contributed by atoms with Gasteiger partial charge in [0.25, 0.3) is 5.91 Å². The maximum atomic E-state index is 13.9. The minimum atomic E-state index is -0.815. The molecular formula is C26H20ClFN2O4. The van der Waals surface area contributed by atoms with Crippen LogP contribution in [0.3, 0.4) is 0 Å². The quantitative estimate of drug-likeness (QED) is 0.322. The Morgan fingerprint density at radius 1 is 1.12 bits per heavy atom. The summed E-state index contributed by atoms with van der Waals surface area (Å²) in [6, 6.07) is 13.2. The van der Waals surface area contributed by atoms with E-state index in [9.17, 15) is 14.0 Å². The first-order valence-corrected chi connectivity index (χ1v) is 11.3. The first-order chi connectivity index (χ1) is 16.5. The van der Waals surface area contributed by atoms with Crippen LogP contribution in [0.4, 0.5) is 10.2 Å². The second-order valence-electron chi connectivity index (χ2n) is 8.00. The Balaban J connectivity index is 1.67. The molecule has 1 aliphatic rings. The van der Waals surface area contributed by atoms with Gasteiger partial charge in [-0.15, -0.1) is 0 Å². The number of anilines is 1. The van der Waals surface area contributed by atoms with E-state index in [0.29, 0.717) is 28.8 Å². The lowest BCUT2D eigenvalue weighted by Gasteiger charge is -2.24. The molecule has 0 aliphatic carbocycles. The molecule has 0 spiro atoms. The number of benzene rings is 2. The fraction of sp³-hybridized carbons (Fsp3) is 0.192. The lowest BCUT2D eigenvalue weighted by Crippen LogP contribution is -2.30. The maximum Gasteiger partial charge on any atom is 0.296 e. The molecule has 34 heavy (non-hydrogen) atoms. The van der Waals surface area contributed by atoms with Crippen molar-refractivity contribution in [2.24, 2.45) is 0 Å². The van der Waals surface area contributed by atoms with E-state index in [-0.39, 0.29) is 22.3 Å². The zero-order chi connectivity index (χ0) is 23.8. The fourth-order valence-electron chi connectivity index (χ4n) is 4.09. The Labute approximate surface area is 199 Å². The number of carbonyl (C=O) groups is 1. The Morgan fingerprint density at radius 3 is 2.62 bits per heavy atom. The van der Waals surface area contributed by atoms with Gasteiger partial charge in [0.15, 0.2) is 5.43 Å². The van der Waals surface area contributed by atoms with Crippen molar-refractivity contribution < 1.29 is 18.3 Å². The van der Waals surface area contributed by atoms with Crippen LogP contribution in [0.25, 0.3) is 11.0 Å². The number of halogens is 2. The predicted molar refractivity (Wildman–Crippen MR) is 127 cm³/mol. The summed E-state index contributed by atoms with van der Waals surface area (Å²) in [6.45, 7) is 2.68. The van der Waals surface area contributed by atoms with Gasteiger partial charge in [-0.25, -0.2) is 9.37 Å². The molecule has 0 saturated carbocycles. The summed E-state index contributed by atoms with van der Waals surface area (Å²) in [6.07, 6.45) is 3.38. The number of pyridine rings is 1. The number of hydrogen-bond acceptors (Lipinski definition) is 5. The summed E-state index contributed by atoms with van der Waals surface area (Å²) in [4.78, 5) is 32.7. The third kappa shape index (κ3) is 3.82. The Hall–Kier alpha value is -3.71. The molecule has 0 N–H and O–H groups in total. The number of hydrogen-bond donors (Lipinski definition) is 0. The average molecular weight is 479 g/mol. The first-order valence-electron chi connectivity index (χ1n) is 10.9. The average Bonchev–Trinajstić information content (AvgIpc) is 3.13. The molecule has 2 aromatic heterocycles. The van der Waals surface area contributed by atoms with E-state index in [0.717, 1.165) is 18.9 Å². The van der Waals surface area contributed by atoms with E-state index < -0.39 is 23.2 Å². The van der Waals surface area contributed by atoms with Crippen LogP contribution in [0, 0.1) is 5.82 Å². The van der Waals surface area contributed by atoms with Crippen molar-refractivity contribution in [2.75, 3.05) is 11.5 Å². The van der Waals surface area contributed by atoms with Gasteiger partial charge < -0.3 is 9.15 Å². The first kappa shape index (κ1) is 22.1. The highest BCUT2D eigenvalue weighted by Gasteiger charge is 2.44. The van der Waals surface area contributed by atoms with Crippen molar-refractivity contribution in [1.29, 1.82) is 0 Å². The van der Waals surface area contributed by atoms with Crippen LogP contribution >= 0.6 is 11.6 Å². The lowest BCUT2D eigenvalue weighted by molar-refractivity contribution is 0.0970. The van der Waals surface area contributed by atoms with Gasteiger partial charge in [-0.2, -0.15) is 0 Å². The molecule has 3 heterocycles. The fourth-order valence-corrected chi connectivity index (χ4v) is 4.20. The zero-order valence-corrected chi connectivity index (χ0v) is 19.0. The highest BCUT2D eigenvalue weighted by Crippen LogP contribution is 2.41. The van der Waals surface area contributed by atoms with Gasteiger partial charge in [-0.1, -0.05) is 37.1 Å². The van der Waals surface area contributed by atoms with Gasteiger partial charge in [0.05, 0.1) is 28.6 Å². The number of aromatic nitrogens is 1. The van der Waals surface area contributed by atoms with Crippen LogP contribution in [0.15, 0.2) is 70.0 Å². The summed E-state index contributed by atoms with van der Waals surface area (Å²) in [5, 5.41) is 0.482. The molecule has 172 valence electrons. The highest BCUT2D eigenvalue weighted by atomic mass is 35.5. The van der Waals surface area contributed by atoms with Crippen LogP contribution in [-0.4, -0.2) is 17.5 Å².